The van der Waals surface area contributed by atoms with E-state index in [2.05, 4.69) is 43.0 Å². The number of methoxy groups -OCH3 is 1. The number of anilines is 1. The van der Waals surface area contributed by atoms with Gasteiger partial charge in [-0.05, 0) is 33.8 Å². The van der Waals surface area contributed by atoms with E-state index in [0.29, 0.717) is 34.1 Å². The number of nitrogens with zero attached hydrogens (tertiary/aromatic N) is 2. The Morgan fingerprint density at radius 2 is 1.79 bits per heavy atom. The van der Waals surface area contributed by atoms with E-state index in [1.54, 1.807) is 12.1 Å². The summed E-state index contributed by atoms with van der Waals surface area (Å²) in [6.45, 7) is 10.2. The van der Waals surface area contributed by atoms with Crippen molar-refractivity contribution in [3.63, 3.8) is 0 Å². The highest BCUT2D eigenvalue weighted by atomic mass is 35.5. The molecule has 2 rings (SSSR count). The number of nitrogen functional groups attached to an aromatic ring is 1. The molecule has 0 aromatic heterocycles. The first kappa shape index (κ1) is 18.8. The number of benzene rings is 1. The van der Waals surface area contributed by atoms with E-state index in [-0.39, 0.29) is 11.9 Å². The van der Waals surface area contributed by atoms with Gasteiger partial charge >= 0.3 is 0 Å². The Morgan fingerprint density at radius 3 is 2.25 bits per heavy atom. The number of nitrogens with one attached hydrogen (secondary N) is 1. The summed E-state index contributed by atoms with van der Waals surface area (Å²) in [6, 6.07) is 3.95. The molecule has 0 bridgehead atoms. The molecule has 3 N–H and O–H groups in total. The zero-order chi connectivity index (χ0) is 18.0. The molecule has 1 fully saturated rings. The Kier molecular flexibility index (Phi) is 5.96. The molecular weight excluding hydrogens is 328 g/mol. The minimum absolute atomic E-state index is 0.0448. The van der Waals surface area contributed by atoms with Crippen molar-refractivity contribution in [2.45, 2.75) is 45.8 Å². The van der Waals surface area contributed by atoms with Crippen LogP contribution in [0.2, 0.25) is 5.02 Å². The molecule has 0 saturated carbocycles. The molecule has 1 amide bonds. The molecule has 0 aliphatic carbocycles. The molecule has 0 unspecified atom stereocenters. The molecule has 6 nitrogen and oxygen atoms in total. The van der Waals surface area contributed by atoms with Crippen molar-refractivity contribution in [2.75, 3.05) is 25.9 Å². The number of carbonyl (C=O) groups is 1. The average molecular weight is 355 g/mol. The lowest BCUT2D eigenvalue weighted by molar-refractivity contribution is -0.0272. The Hall–Kier alpha value is -1.50. The van der Waals surface area contributed by atoms with Crippen LogP contribution >= 0.6 is 11.6 Å². The number of halogens is 1. The predicted molar refractivity (Wildman–Crippen MR) is 97.4 cm³/mol. The van der Waals surface area contributed by atoms with Gasteiger partial charge in [0, 0.05) is 31.2 Å². The average Bonchev–Trinajstić information content (AvgIpc) is 2.93. The number of rotatable bonds is 5. The van der Waals surface area contributed by atoms with Crippen molar-refractivity contribution >= 4 is 23.2 Å². The predicted octanol–water partition coefficient (Wildman–Crippen LogP) is 2.38. The van der Waals surface area contributed by atoms with Crippen molar-refractivity contribution in [3.8, 4) is 5.75 Å². The molecule has 1 aliphatic rings. The molecule has 0 radical (unpaired) electrons. The topological polar surface area (TPSA) is 70.8 Å². The second kappa shape index (κ2) is 7.59. The lowest BCUT2D eigenvalue weighted by Gasteiger charge is -2.33. The van der Waals surface area contributed by atoms with Crippen molar-refractivity contribution < 1.29 is 9.53 Å². The molecule has 24 heavy (non-hydrogen) atoms. The summed E-state index contributed by atoms with van der Waals surface area (Å²) in [5.74, 6) is 0.224. The van der Waals surface area contributed by atoms with Crippen LogP contribution in [0.4, 0.5) is 5.69 Å². The molecule has 1 aromatic carbocycles. The molecule has 1 aromatic rings. The van der Waals surface area contributed by atoms with Crippen LogP contribution in [0.25, 0.3) is 0 Å². The Morgan fingerprint density at radius 1 is 1.25 bits per heavy atom. The number of hydrogen-bond acceptors (Lipinski definition) is 5. The zero-order valence-corrected chi connectivity index (χ0v) is 15.7. The van der Waals surface area contributed by atoms with Gasteiger partial charge in [-0.1, -0.05) is 11.6 Å². The third-order valence-electron chi connectivity index (χ3n) is 4.24. The van der Waals surface area contributed by atoms with Gasteiger partial charge in [-0.3, -0.25) is 4.79 Å². The number of nitrogens with two attached hydrogens (primary N) is 1. The maximum Gasteiger partial charge on any atom is 0.255 e. The summed E-state index contributed by atoms with van der Waals surface area (Å²) in [5, 5.41) is 8.02. The van der Waals surface area contributed by atoms with E-state index >= 15 is 0 Å². The SMILES string of the molecule is COc1cc(N)c(Cl)cc1C(=O)NC1CN(C(C)C)N(C(C)C)C1. The lowest BCUT2D eigenvalue weighted by Crippen LogP contribution is -2.44. The Labute approximate surface area is 148 Å². The van der Waals surface area contributed by atoms with Gasteiger partial charge in [-0.15, -0.1) is 0 Å². The number of ether oxygens (including phenoxy) is 1. The van der Waals surface area contributed by atoms with Crippen LogP contribution in [0, 0.1) is 0 Å². The molecule has 7 heteroatoms. The molecule has 1 heterocycles. The van der Waals surface area contributed by atoms with E-state index in [1.165, 1.54) is 7.11 Å². The van der Waals surface area contributed by atoms with Crippen molar-refractivity contribution in [3.05, 3.63) is 22.7 Å². The third-order valence-corrected chi connectivity index (χ3v) is 4.56. The fourth-order valence-electron chi connectivity index (χ4n) is 3.00. The molecule has 0 atom stereocenters. The van der Waals surface area contributed by atoms with Gasteiger partial charge in [0.05, 0.1) is 29.4 Å². The zero-order valence-electron chi connectivity index (χ0n) is 15.0. The van der Waals surface area contributed by atoms with Gasteiger partial charge < -0.3 is 15.8 Å². The smallest absolute Gasteiger partial charge is 0.255 e. The second-order valence-electron chi connectivity index (χ2n) is 6.68. The Balaban J connectivity index is 2.15. The number of amides is 1. The highest BCUT2D eigenvalue weighted by Gasteiger charge is 2.34. The van der Waals surface area contributed by atoms with Gasteiger partial charge in [0.15, 0.2) is 0 Å². The summed E-state index contributed by atoms with van der Waals surface area (Å²) in [5.41, 5.74) is 6.57. The highest BCUT2D eigenvalue weighted by Crippen LogP contribution is 2.29. The largest absolute Gasteiger partial charge is 0.496 e. The minimum atomic E-state index is -0.201. The molecule has 1 aliphatic heterocycles. The molecule has 134 valence electrons. The van der Waals surface area contributed by atoms with Crippen molar-refractivity contribution in [2.24, 2.45) is 0 Å². The van der Waals surface area contributed by atoms with E-state index in [1.807, 2.05) is 0 Å². The quantitative estimate of drug-likeness (QED) is 0.794. The summed E-state index contributed by atoms with van der Waals surface area (Å²) in [6.07, 6.45) is 0. The minimum Gasteiger partial charge on any atom is -0.496 e. The fourth-order valence-corrected chi connectivity index (χ4v) is 3.17. The summed E-state index contributed by atoms with van der Waals surface area (Å²) in [4.78, 5) is 12.7. The number of hydrazine groups is 1. The van der Waals surface area contributed by atoms with Crippen LogP contribution in [0.3, 0.4) is 0 Å². The van der Waals surface area contributed by atoms with Crippen LogP contribution in [-0.4, -0.2) is 54.2 Å². The van der Waals surface area contributed by atoms with Crippen LogP contribution in [0.1, 0.15) is 38.1 Å². The molecular formula is C17H27ClN4O2. The maximum atomic E-state index is 12.7. The van der Waals surface area contributed by atoms with Crippen LogP contribution in [0.5, 0.6) is 5.75 Å². The number of carbonyl (C=O) groups excluding carboxylic acids is 1. The number of hydrogen-bond donors (Lipinski definition) is 2. The van der Waals surface area contributed by atoms with Gasteiger partial charge in [0.1, 0.15) is 5.75 Å². The van der Waals surface area contributed by atoms with Gasteiger partial charge in [-0.2, -0.15) is 0 Å². The first-order valence-corrected chi connectivity index (χ1v) is 8.59. The van der Waals surface area contributed by atoms with E-state index in [0.717, 1.165) is 13.1 Å². The van der Waals surface area contributed by atoms with E-state index in [4.69, 9.17) is 22.1 Å². The van der Waals surface area contributed by atoms with Gasteiger partial charge in [-0.25, -0.2) is 10.0 Å². The van der Waals surface area contributed by atoms with Crippen molar-refractivity contribution in [1.29, 1.82) is 0 Å². The van der Waals surface area contributed by atoms with Gasteiger partial charge in [0.2, 0.25) is 0 Å². The standard InChI is InChI=1S/C17H27ClN4O2/c1-10(2)21-8-12(9-22(21)11(3)4)20-17(23)13-6-14(18)15(19)7-16(13)24-5/h6-7,10-12H,8-9,19H2,1-5H3,(H,20,23). The first-order valence-electron chi connectivity index (χ1n) is 8.21. The second-order valence-corrected chi connectivity index (χ2v) is 7.08. The Bertz CT molecular complexity index is 590. The summed E-state index contributed by atoms with van der Waals surface area (Å²) in [7, 11) is 1.51. The fraction of sp³-hybridized carbons (Fsp3) is 0.588. The van der Waals surface area contributed by atoms with E-state index in [9.17, 15) is 4.79 Å². The monoisotopic (exact) mass is 354 g/mol. The third kappa shape index (κ3) is 3.94. The van der Waals surface area contributed by atoms with Crippen molar-refractivity contribution in [1.82, 2.24) is 15.3 Å². The normalized spacial score (nSPS) is 17.0. The summed E-state index contributed by atoms with van der Waals surface area (Å²) >= 11 is 6.06. The highest BCUT2D eigenvalue weighted by molar-refractivity contribution is 6.33. The lowest BCUT2D eigenvalue weighted by atomic mass is 10.1. The van der Waals surface area contributed by atoms with Crippen LogP contribution < -0.4 is 15.8 Å². The molecule has 0 spiro atoms. The van der Waals surface area contributed by atoms with E-state index < -0.39 is 0 Å². The van der Waals surface area contributed by atoms with Crippen LogP contribution in [0.15, 0.2) is 12.1 Å². The van der Waals surface area contributed by atoms with Gasteiger partial charge in [0.25, 0.3) is 5.91 Å². The summed E-state index contributed by atoms with van der Waals surface area (Å²) < 4.78 is 5.27. The molecule has 1 saturated heterocycles. The van der Waals surface area contributed by atoms with Crippen LogP contribution in [-0.2, 0) is 0 Å². The maximum absolute atomic E-state index is 12.7. The first-order chi connectivity index (χ1) is 11.2.